The molecular weight excluding hydrogens is 239 g/mol. The van der Waals surface area contributed by atoms with Crippen LogP contribution in [0.4, 0.5) is 4.39 Å². The van der Waals surface area contributed by atoms with Crippen molar-refractivity contribution in [3.05, 3.63) is 29.8 Å². The van der Waals surface area contributed by atoms with Gasteiger partial charge in [-0.2, -0.15) is 0 Å². The third-order valence-electron chi connectivity index (χ3n) is 4.92. The van der Waals surface area contributed by atoms with Crippen molar-refractivity contribution < 1.29 is 4.39 Å². The lowest BCUT2D eigenvalue weighted by atomic mass is 9.52. The van der Waals surface area contributed by atoms with Crippen LogP contribution in [0.15, 0.2) is 18.3 Å². The molecule has 1 saturated carbocycles. The molecule has 3 heteroatoms. The number of halogens is 1. The van der Waals surface area contributed by atoms with Crippen LogP contribution >= 0.6 is 0 Å². The highest BCUT2D eigenvalue weighted by Gasteiger charge is 2.53. The normalized spacial score (nSPS) is 25.1. The minimum Gasteiger partial charge on any atom is -0.313 e. The van der Waals surface area contributed by atoms with Gasteiger partial charge in [-0.05, 0) is 49.8 Å². The first-order valence-corrected chi connectivity index (χ1v) is 7.52. The summed E-state index contributed by atoms with van der Waals surface area (Å²) in [5, 5.41) is 3.67. The van der Waals surface area contributed by atoms with Gasteiger partial charge >= 0.3 is 0 Å². The van der Waals surface area contributed by atoms with Gasteiger partial charge in [-0.3, -0.25) is 4.98 Å². The SMILES string of the molecule is CCCNC1CC(c2ccc(F)cn2)C1(CC)CC. The van der Waals surface area contributed by atoms with Gasteiger partial charge in [0.1, 0.15) is 5.82 Å². The van der Waals surface area contributed by atoms with Gasteiger partial charge in [-0.1, -0.05) is 20.8 Å². The van der Waals surface area contributed by atoms with Crippen molar-refractivity contribution in [1.82, 2.24) is 10.3 Å². The van der Waals surface area contributed by atoms with Gasteiger partial charge in [0.25, 0.3) is 0 Å². The first-order chi connectivity index (χ1) is 9.17. The molecule has 2 unspecified atom stereocenters. The van der Waals surface area contributed by atoms with Gasteiger partial charge < -0.3 is 5.32 Å². The second-order valence-corrected chi connectivity index (χ2v) is 5.64. The number of rotatable bonds is 6. The summed E-state index contributed by atoms with van der Waals surface area (Å²) in [5.41, 5.74) is 1.35. The smallest absolute Gasteiger partial charge is 0.141 e. The molecule has 0 amide bonds. The van der Waals surface area contributed by atoms with Crippen LogP contribution in [0.2, 0.25) is 0 Å². The van der Waals surface area contributed by atoms with Crippen molar-refractivity contribution >= 4 is 0 Å². The molecule has 1 fully saturated rings. The molecule has 106 valence electrons. The maximum atomic E-state index is 13.0. The Kier molecular flexibility index (Phi) is 4.56. The molecule has 2 atom stereocenters. The van der Waals surface area contributed by atoms with E-state index in [1.807, 2.05) is 6.07 Å². The third-order valence-corrected chi connectivity index (χ3v) is 4.92. The second-order valence-electron chi connectivity index (χ2n) is 5.64. The molecule has 0 bridgehead atoms. The summed E-state index contributed by atoms with van der Waals surface area (Å²) < 4.78 is 13.0. The van der Waals surface area contributed by atoms with Crippen LogP contribution in [0.1, 0.15) is 58.1 Å². The minimum atomic E-state index is -0.248. The number of aromatic nitrogens is 1. The monoisotopic (exact) mass is 264 g/mol. The Labute approximate surface area is 115 Å². The van der Waals surface area contributed by atoms with Crippen LogP contribution in [-0.2, 0) is 0 Å². The first kappa shape index (κ1) is 14.4. The molecule has 0 aromatic carbocycles. The number of nitrogens with one attached hydrogen (secondary N) is 1. The fourth-order valence-electron chi connectivity index (χ4n) is 3.64. The van der Waals surface area contributed by atoms with Crippen LogP contribution < -0.4 is 5.32 Å². The van der Waals surface area contributed by atoms with Gasteiger partial charge in [0, 0.05) is 17.7 Å². The topological polar surface area (TPSA) is 24.9 Å². The number of hydrogen-bond acceptors (Lipinski definition) is 2. The Hall–Kier alpha value is -0.960. The highest BCUT2D eigenvalue weighted by molar-refractivity contribution is 5.23. The third kappa shape index (κ3) is 2.53. The molecule has 1 N–H and O–H groups in total. The van der Waals surface area contributed by atoms with E-state index < -0.39 is 0 Å². The molecule has 2 rings (SSSR count). The average molecular weight is 264 g/mol. The van der Waals surface area contributed by atoms with Gasteiger partial charge in [0.2, 0.25) is 0 Å². The summed E-state index contributed by atoms with van der Waals surface area (Å²) in [6.07, 6.45) is 5.93. The van der Waals surface area contributed by atoms with Crippen LogP contribution in [0.25, 0.3) is 0 Å². The molecule has 0 aliphatic heterocycles. The van der Waals surface area contributed by atoms with Crippen molar-refractivity contribution in [2.75, 3.05) is 6.54 Å². The quantitative estimate of drug-likeness (QED) is 0.843. The summed E-state index contributed by atoms with van der Waals surface area (Å²) in [6, 6.07) is 3.97. The predicted molar refractivity (Wildman–Crippen MR) is 76.6 cm³/mol. The Morgan fingerprint density at radius 1 is 1.32 bits per heavy atom. The standard InChI is InChI=1S/C16H25FN2/c1-4-9-18-15-10-13(16(15,5-2)6-3)14-8-7-12(17)11-19-14/h7-8,11,13,15,18H,4-6,9-10H2,1-3H3. The zero-order valence-corrected chi connectivity index (χ0v) is 12.2. The van der Waals surface area contributed by atoms with Crippen molar-refractivity contribution in [3.63, 3.8) is 0 Å². The highest BCUT2D eigenvalue weighted by atomic mass is 19.1. The van der Waals surface area contributed by atoms with E-state index in [1.54, 1.807) is 0 Å². The van der Waals surface area contributed by atoms with Gasteiger partial charge in [0.15, 0.2) is 0 Å². The lowest BCUT2D eigenvalue weighted by molar-refractivity contribution is 0.0179. The minimum absolute atomic E-state index is 0.248. The summed E-state index contributed by atoms with van der Waals surface area (Å²) in [5.74, 6) is 0.222. The Morgan fingerprint density at radius 3 is 2.58 bits per heavy atom. The molecule has 1 aromatic rings. The van der Waals surface area contributed by atoms with E-state index in [9.17, 15) is 4.39 Å². The maximum absolute atomic E-state index is 13.0. The molecule has 0 radical (unpaired) electrons. The van der Waals surface area contributed by atoms with Gasteiger partial charge in [-0.15, -0.1) is 0 Å². The zero-order chi connectivity index (χ0) is 13.9. The second kappa shape index (κ2) is 6.00. The molecule has 1 heterocycles. The molecular formula is C16H25FN2. The van der Waals surface area contributed by atoms with Crippen molar-refractivity contribution in [2.45, 2.75) is 58.4 Å². The first-order valence-electron chi connectivity index (χ1n) is 7.52. The van der Waals surface area contributed by atoms with Crippen molar-refractivity contribution in [1.29, 1.82) is 0 Å². The summed E-state index contributed by atoms with van der Waals surface area (Å²) in [4.78, 5) is 4.30. The van der Waals surface area contributed by atoms with Crippen LogP contribution in [0, 0.1) is 11.2 Å². The average Bonchev–Trinajstić information content (AvgIpc) is 2.41. The van der Waals surface area contributed by atoms with Crippen LogP contribution in [-0.4, -0.2) is 17.6 Å². The van der Waals surface area contributed by atoms with E-state index in [-0.39, 0.29) is 5.82 Å². The number of nitrogens with zero attached hydrogens (tertiary/aromatic N) is 1. The lowest BCUT2D eigenvalue weighted by Crippen LogP contribution is -2.58. The van der Waals surface area contributed by atoms with Crippen molar-refractivity contribution in [3.8, 4) is 0 Å². The van der Waals surface area contributed by atoms with E-state index in [0.717, 1.165) is 31.5 Å². The molecule has 2 nitrogen and oxygen atoms in total. The molecule has 1 aliphatic carbocycles. The summed E-state index contributed by atoms with van der Waals surface area (Å²) >= 11 is 0. The molecule has 0 spiro atoms. The molecule has 1 aliphatic rings. The fourth-order valence-corrected chi connectivity index (χ4v) is 3.64. The predicted octanol–water partition coefficient (Wildman–Crippen LogP) is 3.88. The van der Waals surface area contributed by atoms with E-state index in [1.165, 1.54) is 18.7 Å². The highest BCUT2D eigenvalue weighted by Crippen LogP contribution is 2.56. The lowest BCUT2D eigenvalue weighted by Gasteiger charge is -2.56. The maximum Gasteiger partial charge on any atom is 0.141 e. The zero-order valence-electron chi connectivity index (χ0n) is 12.2. The summed E-state index contributed by atoms with van der Waals surface area (Å²) in [7, 11) is 0. The molecule has 0 saturated heterocycles. The van der Waals surface area contributed by atoms with E-state index in [4.69, 9.17) is 0 Å². The molecule has 1 aromatic heterocycles. The molecule has 19 heavy (non-hydrogen) atoms. The Bertz CT molecular complexity index is 398. The fraction of sp³-hybridized carbons (Fsp3) is 0.688. The Balaban J connectivity index is 2.16. The van der Waals surface area contributed by atoms with Gasteiger partial charge in [0.05, 0.1) is 6.20 Å². The van der Waals surface area contributed by atoms with Crippen molar-refractivity contribution in [2.24, 2.45) is 5.41 Å². The van der Waals surface area contributed by atoms with E-state index >= 15 is 0 Å². The number of pyridine rings is 1. The van der Waals surface area contributed by atoms with Crippen LogP contribution in [0.3, 0.4) is 0 Å². The van der Waals surface area contributed by atoms with Gasteiger partial charge in [-0.25, -0.2) is 4.39 Å². The Morgan fingerprint density at radius 2 is 2.05 bits per heavy atom. The van der Waals surface area contributed by atoms with Crippen LogP contribution in [0.5, 0.6) is 0 Å². The largest absolute Gasteiger partial charge is 0.313 e. The van der Waals surface area contributed by atoms with E-state index in [0.29, 0.717) is 17.4 Å². The summed E-state index contributed by atoms with van der Waals surface area (Å²) in [6.45, 7) is 7.81. The number of hydrogen-bond donors (Lipinski definition) is 1. The van der Waals surface area contributed by atoms with E-state index in [2.05, 4.69) is 31.1 Å².